The minimum Gasteiger partial charge on any atom is -0.444 e. The van der Waals surface area contributed by atoms with Gasteiger partial charge in [-0.25, -0.2) is 9.78 Å². The predicted molar refractivity (Wildman–Crippen MR) is 90.2 cm³/mol. The summed E-state index contributed by atoms with van der Waals surface area (Å²) in [4.78, 5) is 27.6. The second-order valence-corrected chi connectivity index (χ2v) is 7.29. The molecule has 2 rings (SSSR count). The molecule has 124 valence electrons. The SMILES string of the molecule is CC(C)(C)OC(=O)N[C@H](CCC(N)=O)c1nc2ccccc2s1. The molecule has 1 heterocycles. The summed E-state index contributed by atoms with van der Waals surface area (Å²) < 4.78 is 6.31. The van der Waals surface area contributed by atoms with E-state index in [1.165, 1.54) is 11.3 Å². The third-order valence-corrected chi connectivity index (χ3v) is 4.13. The van der Waals surface area contributed by atoms with Crippen molar-refractivity contribution < 1.29 is 14.3 Å². The van der Waals surface area contributed by atoms with Gasteiger partial charge in [0.15, 0.2) is 0 Å². The van der Waals surface area contributed by atoms with Gasteiger partial charge in [-0.3, -0.25) is 4.79 Å². The topological polar surface area (TPSA) is 94.3 Å². The minimum atomic E-state index is -0.591. The maximum absolute atomic E-state index is 12.0. The molecule has 6 nitrogen and oxygen atoms in total. The summed E-state index contributed by atoms with van der Waals surface area (Å²) >= 11 is 1.48. The van der Waals surface area contributed by atoms with Crippen molar-refractivity contribution in [2.45, 2.75) is 45.3 Å². The molecule has 0 aliphatic rings. The van der Waals surface area contributed by atoms with Crippen molar-refractivity contribution in [2.24, 2.45) is 5.73 Å². The van der Waals surface area contributed by atoms with Crippen LogP contribution in [0.5, 0.6) is 0 Å². The number of carbonyl (C=O) groups excluding carboxylic acids is 2. The van der Waals surface area contributed by atoms with Gasteiger partial charge in [0.1, 0.15) is 10.6 Å². The number of thiazole rings is 1. The summed E-state index contributed by atoms with van der Waals surface area (Å²) in [6.45, 7) is 5.38. The quantitative estimate of drug-likeness (QED) is 0.877. The van der Waals surface area contributed by atoms with Crippen molar-refractivity contribution in [3.8, 4) is 0 Å². The van der Waals surface area contributed by atoms with Crippen molar-refractivity contribution >= 4 is 33.6 Å². The first-order chi connectivity index (χ1) is 10.7. The summed E-state index contributed by atoms with van der Waals surface area (Å²) in [7, 11) is 0. The lowest BCUT2D eigenvalue weighted by Crippen LogP contribution is -2.35. The molecule has 7 heteroatoms. The van der Waals surface area contributed by atoms with Gasteiger partial charge in [0, 0.05) is 6.42 Å². The first kappa shape index (κ1) is 17.2. The van der Waals surface area contributed by atoms with Crippen LogP contribution in [-0.2, 0) is 9.53 Å². The van der Waals surface area contributed by atoms with Crippen LogP contribution in [0.1, 0.15) is 44.7 Å². The number of ether oxygens (including phenoxy) is 1. The number of aromatic nitrogens is 1. The van der Waals surface area contributed by atoms with Gasteiger partial charge in [-0.05, 0) is 39.3 Å². The van der Waals surface area contributed by atoms with E-state index in [4.69, 9.17) is 10.5 Å². The van der Waals surface area contributed by atoms with Gasteiger partial charge in [0.25, 0.3) is 0 Å². The Labute approximate surface area is 139 Å². The number of hydrogen-bond donors (Lipinski definition) is 2. The van der Waals surface area contributed by atoms with Gasteiger partial charge in [-0.1, -0.05) is 12.1 Å². The number of amides is 2. The van der Waals surface area contributed by atoms with Crippen LogP contribution < -0.4 is 11.1 Å². The van der Waals surface area contributed by atoms with E-state index in [0.717, 1.165) is 15.2 Å². The Balaban J connectivity index is 2.19. The summed E-state index contributed by atoms with van der Waals surface area (Å²) in [6.07, 6.45) is 0.0105. The molecule has 0 radical (unpaired) electrons. The zero-order valence-electron chi connectivity index (χ0n) is 13.5. The molecule has 1 atom stereocenters. The molecule has 0 saturated carbocycles. The molecule has 23 heavy (non-hydrogen) atoms. The van der Waals surface area contributed by atoms with Crippen LogP contribution in [0.25, 0.3) is 10.2 Å². The van der Waals surface area contributed by atoms with E-state index in [9.17, 15) is 9.59 Å². The molecule has 3 N–H and O–H groups in total. The second kappa shape index (κ2) is 6.95. The molecule has 0 bridgehead atoms. The summed E-state index contributed by atoms with van der Waals surface area (Å²) in [6, 6.07) is 7.31. The fourth-order valence-corrected chi connectivity index (χ4v) is 3.09. The van der Waals surface area contributed by atoms with Crippen molar-refractivity contribution in [2.75, 3.05) is 0 Å². The normalized spacial score (nSPS) is 12.8. The first-order valence-electron chi connectivity index (χ1n) is 7.38. The van der Waals surface area contributed by atoms with Crippen LogP contribution in [0, 0.1) is 0 Å². The van der Waals surface area contributed by atoms with Crippen molar-refractivity contribution in [3.05, 3.63) is 29.3 Å². The monoisotopic (exact) mass is 335 g/mol. The fraction of sp³-hybridized carbons (Fsp3) is 0.438. The van der Waals surface area contributed by atoms with Gasteiger partial charge in [0.2, 0.25) is 5.91 Å². The lowest BCUT2D eigenvalue weighted by atomic mass is 10.1. The van der Waals surface area contributed by atoms with Crippen molar-refractivity contribution in [3.63, 3.8) is 0 Å². The van der Waals surface area contributed by atoms with E-state index < -0.39 is 23.6 Å². The van der Waals surface area contributed by atoms with E-state index in [-0.39, 0.29) is 6.42 Å². The number of nitrogens with two attached hydrogens (primary N) is 1. The van der Waals surface area contributed by atoms with Crippen LogP contribution in [0.15, 0.2) is 24.3 Å². The molecule has 0 unspecified atom stereocenters. The average Bonchev–Trinajstić information content (AvgIpc) is 2.84. The smallest absolute Gasteiger partial charge is 0.408 e. The highest BCUT2D eigenvalue weighted by Gasteiger charge is 2.23. The van der Waals surface area contributed by atoms with E-state index >= 15 is 0 Å². The molecule has 0 fully saturated rings. The number of para-hydroxylation sites is 1. The van der Waals surface area contributed by atoms with Crippen LogP contribution in [0.4, 0.5) is 4.79 Å². The lowest BCUT2D eigenvalue weighted by molar-refractivity contribution is -0.118. The van der Waals surface area contributed by atoms with E-state index in [0.29, 0.717) is 6.42 Å². The number of alkyl carbamates (subject to hydrolysis) is 1. The number of rotatable bonds is 5. The van der Waals surface area contributed by atoms with E-state index in [1.54, 1.807) is 20.8 Å². The van der Waals surface area contributed by atoms with Gasteiger partial charge >= 0.3 is 6.09 Å². The van der Waals surface area contributed by atoms with Crippen molar-refractivity contribution in [1.29, 1.82) is 0 Å². The van der Waals surface area contributed by atoms with Crippen molar-refractivity contribution in [1.82, 2.24) is 10.3 Å². The van der Waals surface area contributed by atoms with E-state index in [2.05, 4.69) is 10.3 Å². The molecule has 2 aromatic rings. The summed E-state index contributed by atoms with van der Waals surface area (Å²) in [5.41, 5.74) is 5.50. The molecule has 0 aliphatic carbocycles. The standard InChI is InChI=1S/C16H21N3O3S/c1-16(2,3)22-15(21)19-11(8-9-13(17)20)14-18-10-6-4-5-7-12(10)23-14/h4-7,11H,8-9H2,1-3H3,(H2,17,20)(H,19,21)/t11-/m1/s1. The van der Waals surface area contributed by atoms with Crippen LogP contribution >= 0.6 is 11.3 Å². The molecule has 1 aromatic carbocycles. The Morgan fingerprint density at radius 1 is 1.35 bits per heavy atom. The van der Waals surface area contributed by atoms with Crippen LogP contribution in [-0.4, -0.2) is 22.6 Å². The molecule has 0 spiro atoms. The molecule has 1 aromatic heterocycles. The Bertz CT molecular complexity index is 673. The zero-order chi connectivity index (χ0) is 17.0. The minimum absolute atomic E-state index is 0.163. The largest absolute Gasteiger partial charge is 0.444 e. The maximum Gasteiger partial charge on any atom is 0.408 e. The predicted octanol–water partition coefficient (Wildman–Crippen LogP) is 3.13. The molecular weight excluding hydrogens is 314 g/mol. The average molecular weight is 335 g/mol. The highest BCUT2D eigenvalue weighted by atomic mass is 32.1. The first-order valence-corrected chi connectivity index (χ1v) is 8.19. The van der Waals surface area contributed by atoms with Gasteiger partial charge < -0.3 is 15.8 Å². The van der Waals surface area contributed by atoms with E-state index in [1.807, 2.05) is 24.3 Å². The Morgan fingerprint density at radius 3 is 2.65 bits per heavy atom. The lowest BCUT2D eigenvalue weighted by Gasteiger charge is -2.22. The number of nitrogens with zero attached hydrogens (tertiary/aromatic N) is 1. The van der Waals surface area contributed by atoms with Crippen LogP contribution in [0.2, 0.25) is 0 Å². The molecule has 0 saturated heterocycles. The number of primary amides is 1. The Morgan fingerprint density at radius 2 is 2.04 bits per heavy atom. The number of fused-ring (bicyclic) bond motifs is 1. The number of nitrogens with one attached hydrogen (secondary N) is 1. The summed E-state index contributed by atoms with van der Waals surface area (Å²) in [5.74, 6) is -0.415. The third-order valence-electron chi connectivity index (χ3n) is 2.98. The zero-order valence-corrected chi connectivity index (χ0v) is 14.3. The Hall–Kier alpha value is -2.15. The fourth-order valence-electron chi connectivity index (χ4n) is 2.03. The van der Waals surface area contributed by atoms with Crippen LogP contribution in [0.3, 0.4) is 0 Å². The highest BCUT2D eigenvalue weighted by molar-refractivity contribution is 7.18. The highest BCUT2D eigenvalue weighted by Crippen LogP contribution is 2.28. The number of hydrogen-bond acceptors (Lipinski definition) is 5. The summed E-state index contributed by atoms with van der Waals surface area (Å²) in [5, 5.41) is 3.52. The van der Waals surface area contributed by atoms with Gasteiger partial charge in [0.05, 0.1) is 16.3 Å². The number of benzene rings is 1. The molecule has 2 amide bonds. The molecule has 0 aliphatic heterocycles. The maximum atomic E-state index is 12.0. The van der Waals surface area contributed by atoms with Gasteiger partial charge in [-0.2, -0.15) is 0 Å². The molecular formula is C16H21N3O3S. The number of carbonyl (C=O) groups is 2. The third kappa shape index (κ3) is 5.21. The van der Waals surface area contributed by atoms with Gasteiger partial charge in [-0.15, -0.1) is 11.3 Å². The second-order valence-electron chi connectivity index (χ2n) is 6.22. The Kier molecular flexibility index (Phi) is 5.20.